The first kappa shape index (κ1) is 10.9. The highest BCUT2D eigenvalue weighted by Crippen LogP contribution is 2.38. The van der Waals surface area contributed by atoms with E-state index in [1.54, 1.807) is 0 Å². The van der Waals surface area contributed by atoms with Crippen molar-refractivity contribution in [2.24, 2.45) is 11.7 Å². The van der Waals surface area contributed by atoms with Crippen molar-refractivity contribution >= 4 is 5.95 Å². The molecule has 0 amide bonds. The highest BCUT2D eigenvalue weighted by atomic mass is 16.5. The molecule has 4 unspecified atom stereocenters. The molecule has 1 saturated heterocycles. The Morgan fingerprint density at radius 1 is 1.29 bits per heavy atom. The van der Waals surface area contributed by atoms with Crippen molar-refractivity contribution in [1.29, 1.82) is 0 Å². The Bertz CT molecular complexity index is 438. The van der Waals surface area contributed by atoms with Crippen LogP contribution in [0.5, 0.6) is 0 Å². The van der Waals surface area contributed by atoms with Crippen LogP contribution in [0.1, 0.15) is 17.8 Å². The number of ether oxygens (including phenoxy) is 1. The fourth-order valence-corrected chi connectivity index (χ4v) is 2.59. The fraction of sp³-hybridized carbons (Fsp3) is 0.727. The van der Waals surface area contributed by atoms with Gasteiger partial charge in [-0.05, 0) is 20.3 Å². The van der Waals surface area contributed by atoms with Crippen molar-refractivity contribution in [3.63, 3.8) is 0 Å². The van der Waals surface area contributed by atoms with Gasteiger partial charge in [-0.2, -0.15) is 5.10 Å². The highest BCUT2D eigenvalue weighted by Gasteiger charge is 2.52. The lowest BCUT2D eigenvalue weighted by Crippen LogP contribution is -2.65. The van der Waals surface area contributed by atoms with Gasteiger partial charge in [-0.1, -0.05) is 0 Å². The zero-order valence-corrected chi connectivity index (χ0v) is 10.1. The monoisotopic (exact) mass is 235 g/mol. The molecule has 0 bridgehead atoms. The maximum atomic E-state index is 6.11. The molecule has 1 aromatic rings. The molecular weight excluding hydrogens is 218 g/mol. The van der Waals surface area contributed by atoms with E-state index in [-0.39, 0.29) is 18.2 Å². The standard InChI is InChI=1S/C11H17N5O/c1-5-6(2)15-16-11(13-5)14-9-8(12)7-3-4-17-10(7)9/h7-10H,3-4,12H2,1-2H3,(H,13,14,16). The van der Waals surface area contributed by atoms with Gasteiger partial charge < -0.3 is 15.8 Å². The molecular formula is C11H17N5O. The minimum absolute atomic E-state index is 0.117. The summed E-state index contributed by atoms with van der Waals surface area (Å²) < 4.78 is 5.64. The molecule has 92 valence electrons. The van der Waals surface area contributed by atoms with Crippen LogP contribution in [0.15, 0.2) is 0 Å². The second-order valence-electron chi connectivity index (χ2n) is 4.84. The lowest BCUT2D eigenvalue weighted by atomic mass is 9.72. The summed E-state index contributed by atoms with van der Waals surface area (Å²) in [6, 6.07) is 0.249. The Balaban J connectivity index is 1.72. The van der Waals surface area contributed by atoms with Gasteiger partial charge in [0.15, 0.2) is 0 Å². The number of aryl methyl sites for hydroxylation is 2. The van der Waals surface area contributed by atoms with E-state index >= 15 is 0 Å². The van der Waals surface area contributed by atoms with Crippen LogP contribution in [0.4, 0.5) is 5.95 Å². The van der Waals surface area contributed by atoms with Crippen molar-refractivity contribution in [3.8, 4) is 0 Å². The third-order valence-corrected chi connectivity index (χ3v) is 3.83. The molecule has 1 aliphatic heterocycles. The van der Waals surface area contributed by atoms with Gasteiger partial charge in [-0.15, -0.1) is 5.10 Å². The van der Waals surface area contributed by atoms with Gasteiger partial charge in [0.05, 0.1) is 23.5 Å². The van der Waals surface area contributed by atoms with Crippen molar-refractivity contribution in [2.75, 3.05) is 11.9 Å². The van der Waals surface area contributed by atoms with Gasteiger partial charge in [-0.25, -0.2) is 4.98 Å². The Morgan fingerprint density at radius 3 is 2.88 bits per heavy atom. The zero-order chi connectivity index (χ0) is 12.0. The molecule has 0 spiro atoms. The lowest BCUT2D eigenvalue weighted by molar-refractivity contribution is 0.00505. The summed E-state index contributed by atoms with van der Waals surface area (Å²) in [7, 11) is 0. The molecule has 3 N–H and O–H groups in total. The van der Waals surface area contributed by atoms with Gasteiger partial charge in [0.2, 0.25) is 5.95 Å². The van der Waals surface area contributed by atoms with Gasteiger partial charge >= 0.3 is 0 Å². The Labute approximate surface area is 100.0 Å². The lowest BCUT2D eigenvalue weighted by Gasteiger charge is -2.45. The first-order chi connectivity index (χ1) is 8.16. The number of rotatable bonds is 2. The van der Waals surface area contributed by atoms with Crippen molar-refractivity contribution < 1.29 is 4.74 Å². The average Bonchev–Trinajstić information content (AvgIpc) is 2.75. The predicted molar refractivity (Wildman–Crippen MR) is 62.5 cm³/mol. The molecule has 4 atom stereocenters. The zero-order valence-electron chi connectivity index (χ0n) is 10.1. The van der Waals surface area contributed by atoms with Crippen LogP contribution in [-0.4, -0.2) is 40.0 Å². The number of hydrogen-bond donors (Lipinski definition) is 2. The van der Waals surface area contributed by atoms with E-state index in [0.29, 0.717) is 11.9 Å². The molecule has 1 aromatic heterocycles. The Morgan fingerprint density at radius 2 is 2.12 bits per heavy atom. The first-order valence-electron chi connectivity index (χ1n) is 5.98. The molecule has 3 rings (SSSR count). The quantitative estimate of drug-likeness (QED) is 0.751. The number of nitrogens with zero attached hydrogens (tertiary/aromatic N) is 3. The molecule has 6 heteroatoms. The molecule has 2 aliphatic rings. The summed E-state index contributed by atoms with van der Waals surface area (Å²) in [6.07, 6.45) is 1.28. The first-order valence-corrected chi connectivity index (χ1v) is 5.98. The number of aromatic nitrogens is 3. The topological polar surface area (TPSA) is 86.0 Å². The van der Waals surface area contributed by atoms with E-state index in [1.807, 2.05) is 13.8 Å². The molecule has 6 nitrogen and oxygen atoms in total. The summed E-state index contributed by atoms with van der Waals surface area (Å²) in [6.45, 7) is 4.63. The number of anilines is 1. The van der Waals surface area contributed by atoms with E-state index in [2.05, 4.69) is 20.5 Å². The van der Waals surface area contributed by atoms with Crippen LogP contribution >= 0.6 is 0 Å². The van der Waals surface area contributed by atoms with Crippen LogP contribution in [0.2, 0.25) is 0 Å². The fourth-order valence-electron chi connectivity index (χ4n) is 2.59. The van der Waals surface area contributed by atoms with E-state index in [0.717, 1.165) is 24.4 Å². The van der Waals surface area contributed by atoms with Crippen LogP contribution in [0.3, 0.4) is 0 Å². The summed E-state index contributed by atoms with van der Waals surface area (Å²) in [5, 5.41) is 11.3. The van der Waals surface area contributed by atoms with Crippen LogP contribution in [0.25, 0.3) is 0 Å². The van der Waals surface area contributed by atoms with Gasteiger partial charge in [-0.3, -0.25) is 0 Å². The Hall–Kier alpha value is -1.27. The number of hydrogen-bond acceptors (Lipinski definition) is 6. The van der Waals surface area contributed by atoms with Crippen LogP contribution in [0, 0.1) is 19.8 Å². The summed E-state index contributed by atoms with van der Waals surface area (Å²) >= 11 is 0. The van der Waals surface area contributed by atoms with Gasteiger partial charge in [0, 0.05) is 18.6 Å². The predicted octanol–water partition coefficient (Wildman–Crippen LogP) is 0.0149. The molecule has 2 heterocycles. The van der Waals surface area contributed by atoms with Crippen molar-refractivity contribution in [2.45, 2.75) is 38.5 Å². The third kappa shape index (κ3) is 1.68. The molecule has 0 aromatic carbocycles. The molecule has 0 radical (unpaired) electrons. The third-order valence-electron chi connectivity index (χ3n) is 3.83. The highest BCUT2D eigenvalue weighted by molar-refractivity contribution is 5.31. The van der Waals surface area contributed by atoms with E-state index in [1.165, 1.54) is 0 Å². The second kappa shape index (κ2) is 3.89. The maximum absolute atomic E-state index is 6.11. The number of nitrogens with two attached hydrogens (primary N) is 1. The minimum atomic E-state index is 0.117. The minimum Gasteiger partial charge on any atom is -0.376 e. The van der Waals surface area contributed by atoms with E-state index in [9.17, 15) is 0 Å². The number of nitrogens with one attached hydrogen (secondary N) is 1. The van der Waals surface area contributed by atoms with Gasteiger partial charge in [0.1, 0.15) is 0 Å². The summed E-state index contributed by atoms with van der Waals surface area (Å²) in [5.74, 6) is 1.04. The second-order valence-corrected chi connectivity index (χ2v) is 4.84. The van der Waals surface area contributed by atoms with E-state index in [4.69, 9.17) is 10.5 Å². The molecule has 2 fully saturated rings. The maximum Gasteiger partial charge on any atom is 0.243 e. The smallest absolute Gasteiger partial charge is 0.243 e. The van der Waals surface area contributed by atoms with Crippen LogP contribution < -0.4 is 11.1 Å². The summed E-state index contributed by atoms with van der Waals surface area (Å²) in [4.78, 5) is 4.35. The van der Waals surface area contributed by atoms with Crippen molar-refractivity contribution in [1.82, 2.24) is 15.2 Å². The average molecular weight is 235 g/mol. The van der Waals surface area contributed by atoms with Gasteiger partial charge in [0.25, 0.3) is 0 Å². The number of fused-ring (bicyclic) bond motifs is 1. The van der Waals surface area contributed by atoms with E-state index < -0.39 is 0 Å². The van der Waals surface area contributed by atoms with Crippen molar-refractivity contribution in [3.05, 3.63) is 11.4 Å². The normalized spacial score (nSPS) is 35.2. The molecule has 1 saturated carbocycles. The Kier molecular flexibility index (Phi) is 2.48. The molecule has 1 aliphatic carbocycles. The summed E-state index contributed by atoms with van der Waals surface area (Å²) in [5.41, 5.74) is 7.84. The SMILES string of the molecule is Cc1nnc(NC2C(N)C3CCOC32)nc1C. The molecule has 17 heavy (non-hydrogen) atoms. The largest absolute Gasteiger partial charge is 0.376 e. The van der Waals surface area contributed by atoms with Crippen LogP contribution in [-0.2, 0) is 4.74 Å².